The van der Waals surface area contributed by atoms with E-state index in [2.05, 4.69) is 5.43 Å². The predicted molar refractivity (Wildman–Crippen MR) is 34.6 cm³/mol. The van der Waals surface area contributed by atoms with Crippen molar-refractivity contribution >= 4 is 18.5 Å². The largest absolute Gasteiger partial charge is 0.464 e. The summed E-state index contributed by atoms with van der Waals surface area (Å²) in [7, 11) is 0. The summed E-state index contributed by atoms with van der Waals surface area (Å²) in [5.41, 5.74) is 2.69. The SMILES string of the molecule is Cl.O=C(O)N1CCCN1. The van der Waals surface area contributed by atoms with E-state index in [-0.39, 0.29) is 12.4 Å². The molecule has 2 N–H and O–H groups in total. The lowest BCUT2D eigenvalue weighted by Crippen LogP contribution is -2.35. The average Bonchev–Trinajstić information content (AvgIpc) is 2.12. The predicted octanol–water partition coefficient (Wildman–Crippen LogP) is 0.297. The van der Waals surface area contributed by atoms with Crippen LogP contribution in [0.15, 0.2) is 0 Å². The van der Waals surface area contributed by atoms with Gasteiger partial charge in [0.2, 0.25) is 0 Å². The van der Waals surface area contributed by atoms with Crippen LogP contribution in [0.3, 0.4) is 0 Å². The van der Waals surface area contributed by atoms with Gasteiger partial charge in [-0.05, 0) is 6.42 Å². The molecule has 0 aliphatic carbocycles. The summed E-state index contributed by atoms with van der Waals surface area (Å²) in [5, 5.41) is 9.47. The van der Waals surface area contributed by atoms with Gasteiger partial charge in [-0.1, -0.05) is 0 Å². The highest BCUT2D eigenvalue weighted by atomic mass is 35.5. The summed E-state index contributed by atoms with van der Waals surface area (Å²) >= 11 is 0. The fraction of sp³-hybridized carbons (Fsp3) is 0.750. The second-order valence-electron chi connectivity index (χ2n) is 1.70. The zero-order chi connectivity index (χ0) is 5.98. The van der Waals surface area contributed by atoms with E-state index in [9.17, 15) is 4.79 Å². The molecule has 1 saturated heterocycles. The third kappa shape index (κ3) is 2.07. The molecule has 1 fully saturated rings. The maximum Gasteiger partial charge on any atom is 0.421 e. The smallest absolute Gasteiger partial charge is 0.421 e. The van der Waals surface area contributed by atoms with Gasteiger partial charge in [-0.15, -0.1) is 12.4 Å². The summed E-state index contributed by atoms with van der Waals surface area (Å²) in [6.07, 6.45) is 0.0363. The molecule has 0 aromatic carbocycles. The number of rotatable bonds is 0. The second kappa shape index (κ2) is 3.53. The van der Waals surface area contributed by atoms with Crippen LogP contribution < -0.4 is 5.43 Å². The van der Waals surface area contributed by atoms with E-state index < -0.39 is 6.09 Å². The van der Waals surface area contributed by atoms with E-state index in [1.807, 2.05) is 0 Å². The number of nitrogens with zero attached hydrogens (tertiary/aromatic N) is 1. The van der Waals surface area contributed by atoms with Crippen LogP contribution in [-0.2, 0) is 0 Å². The zero-order valence-electron chi connectivity index (χ0n) is 4.83. The molecule has 1 heterocycles. The maximum absolute atomic E-state index is 10.1. The van der Waals surface area contributed by atoms with Crippen molar-refractivity contribution in [3.05, 3.63) is 0 Å². The quantitative estimate of drug-likeness (QED) is 0.525. The van der Waals surface area contributed by atoms with Gasteiger partial charge in [-0.3, -0.25) is 0 Å². The van der Waals surface area contributed by atoms with Crippen molar-refractivity contribution in [3.8, 4) is 0 Å². The Kier molecular flexibility index (Phi) is 3.34. The standard InChI is InChI=1S/C4H8N2O2.ClH/c7-4(8)6-3-1-2-5-6;/h5H,1-3H2,(H,7,8);1H. The second-order valence-corrected chi connectivity index (χ2v) is 1.70. The van der Waals surface area contributed by atoms with E-state index in [1.165, 1.54) is 5.01 Å². The number of hydrogen-bond donors (Lipinski definition) is 2. The van der Waals surface area contributed by atoms with Crippen LogP contribution in [0.1, 0.15) is 6.42 Å². The van der Waals surface area contributed by atoms with Gasteiger partial charge in [-0.25, -0.2) is 15.2 Å². The van der Waals surface area contributed by atoms with E-state index in [0.29, 0.717) is 6.54 Å². The molecule has 0 unspecified atom stereocenters. The normalized spacial score (nSPS) is 17.1. The van der Waals surface area contributed by atoms with Crippen LogP contribution in [0.4, 0.5) is 4.79 Å². The minimum absolute atomic E-state index is 0. The van der Waals surface area contributed by atoms with Crippen LogP contribution in [-0.4, -0.2) is 29.3 Å². The molecular weight excluding hydrogens is 144 g/mol. The first-order chi connectivity index (χ1) is 3.80. The van der Waals surface area contributed by atoms with Crippen LogP contribution in [0.25, 0.3) is 0 Å². The van der Waals surface area contributed by atoms with Gasteiger partial charge in [0, 0.05) is 13.1 Å². The molecule has 1 rings (SSSR count). The summed E-state index contributed by atoms with van der Waals surface area (Å²) in [6, 6.07) is 0. The molecule has 54 valence electrons. The highest BCUT2D eigenvalue weighted by molar-refractivity contribution is 5.85. The average molecular weight is 153 g/mol. The number of hydrazine groups is 1. The van der Waals surface area contributed by atoms with Crippen molar-refractivity contribution in [1.82, 2.24) is 10.4 Å². The van der Waals surface area contributed by atoms with Crippen molar-refractivity contribution in [2.45, 2.75) is 6.42 Å². The van der Waals surface area contributed by atoms with Crippen molar-refractivity contribution in [3.63, 3.8) is 0 Å². The van der Waals surface area contributed by atoms with Gasteiger partial charge in [0.1, 0.15) is 0 Å². The topological polar surface area (TPSA) is 52.6 Å². The van der Waals surface area contributed by atoms with E-state index >= 15 is 0 Å². The molecule has 1 aliphatic heterocycles. The number of carboxylic acid groups (broad SMARTS) is 1. The first-order valence-electron chi connectivity index (χ1n) is 2.54. The van der Waals surface area contributed by atoms with E-state index in [1.54, 1.807) is 0 Å². The van der Waals surface area contributed by atoms with Crippen LogP contribution in [0.5, 0.6) is 0 Å². The third-order valence-corrected chi connectivity index (χ3v) is 1.09. The maximum atomic E-state index is 10.1. The molecule has 0 bridgehead atoms. The number of nitrogens with one attached hydrogen (secondary N) is 1. The number of hydrogen-bond acceptors (Lipinski definition) is 2. The van der Waals surface area contributed by atoms with Crippen LogP contribution >= 0.6 is 12.4 Å². The molecule has 0 atom stereocenters. The van der Waals surface area contributed by atoms with Gasteiger partial charge < -0.3 is 5.11 Å². The van der Waals surface area contributed by atoms with Crippen LogP contribution in [0, 0.1) is 0 Å². The van der Waals surface area contributed by atoms with Crippen molar-refractivity contribution in [2.75, 3.05) is 13.1 Å². The summed E-state index contributed by atoms with van der Waals surface area (Å²) in [5.74, 6) is 0. The van der Waals surface area contributed by atoms with Crippen molar-refractivity contribution < 1.29 is 9.90 Å². The lowest BCUT2D eigenvalue weighted by molar-refractivity contribution is 0.138. The molecule has 1 aliphatic rings. The van der Waals surface area contributed by atoms with E-state index in [4.69, 9.17) is 5.11 Å². The molecule has 0 aromatic rings. The molecule has 4 nitrogen and oxygen atoms in total. The van der Waals surface area contributed by atoms with Gasteiger partial charge in [0.05, 0.1) is 0 Å². The summed E-state index contributed by atoms with van der Waals surface area (Å²) in [6.45, 7) is 1.40. The minimum Gasteiger partial charge on any atom is -0.464 e. The lowest BCUT2D eigenvalue weighted by Gasteiger charge is -2.08. The van der Waals surface area contributed by atoms with Gasteiger partial charge >= 0.3 is 6.09 Å². The summed E-state index contributed by atoms with van der Waals surface area (Å²) in [4.78, 5) is 10.1. The Balaban J connectivity index is 0.000000640. The Morgan fingerprint density at radius 3 is 2.56 bits per heavy atom. The molecule has 0 radical (unpaired) electrons. The fourth-order valence-electron chi connectivity index (χ4n) is 0.694. The molecule has 0 aromatic heterocycles. The van der Waals surface area contributed by atoms with Gasteiger partial charge in [-0.2, -0.15) is 0 Å². The molecule has 1 amide bonds. The first-order valence-corrected chi connectivity index (χ1v) is 2.54. The monoisotopic (exact) mass is 152 g/mol. The molecule has 5 heteroatoms. The Morgan fingerprint density at radius 2 is 2.33 bits per heavy atom. The van der Waals surface area contributed by atoms with E-state index in [0.717, 1.165) is 13.0 Å². The molecular formula is C4H9ClN2O2. The minimum atomic E-state index is -0.887. The zero-order valence-corrected chi connectivity index (χ0v) is 5.65. The molecule has 0 saturated carbocycles. The fourth-order valence-corrected chi connectivity index (χ4v) is 0.694. The highest BCUT2D eigenvalue weighted by Gasteiger charge is 2.14. The Bertz CT molecular complexity index is 103. The van der Waals surface area contributed by atoms with Crippen molar-refractivity contribution in [2.24, 2.45) is 0 Å². The Hall–Kier alpha value is -0.480. The Labute approximate surface area is 59.2 Å². The first kappa shape index (κ1) is 8.52. The number of carbonyl (C=O) groups is 1. The number of halogens is 1. The number of amides is 1. The van der Waals surface area contributed by atoms with Crippen molar-refractivity contribution in [1.29, 1.82) is 0 Å². The molecule has 0 spiro atoms. The third-order valence-electron chi connectivity index (χ3n) is 1.09. The van der Waals surface area contributed by atoms with Gasteiger partial charge in [0.15, 0.2) is 0 Å². The van der Waals surface area contributed by atoms with Crippen LogP contribution in [0.2, 0.25) is 0 Å². The van der Waals surface area contributed by atoms with Gasteiger partial charge in [0.25, 0.3) is 0 Å². The lowest BCUT2D eigenvalue weighted by atomic mass is 10.5. The Morgan fingerprint density at radius 1 is 1.67 bits per heavy atom. The highest BCUT2D eigenvalue weighted by Crippen LogP contribution is 1.94. The molecule has 9 heavy (non-hydrogen) atoms. The summed E-state index contributed by atoms with van der Waals surface area (Å²) < 4.78 is 0.